The highest BCUT2D eigenvalue weighted by molar-refractivity contribution is 7.96. The van der Waals surface area contributed by atoms with E-state index >= 15 is 0 Å². The van der Waals surface area contributed by atoms with E-state index in [-0.39, 0.29) is 41.5 Å². The second-order valence-corrected chi connectivity index (χ2v) is 8.82. The zero-order valence-corrected chi connectivity index (χ0v) is 17.8. The summed E-state index contributed by atoms with van der Waals surface area (Å²) in [6.45, 7) is 0. The molecule has 2 aromatic rings. The summed E-state index contributed by atoms with van der Waals surface area (Å²) in [6, 6.07) is -0.907. The summed E-state index contributed by atoms with van der Waals surface area (Å²) in [4.78, 5) is 23.0. The van der Waals surface area contributed by atoms with E-state index in [9.17, 15) is 15.0 Å². The van der Waals surface area contributed by atoms with Crippen LogP contribution in [0, 0.1) is 0 Å². The maximum atomic E-state index is 10.8. The van der Waals surface area contributed by atoms with E-state index in [0.717, 1.165) is 0 Å². The minimum atomic E-state index is -1.16. The summed E-state index contributed by atoms with van der Waals surface area (Å²) in [5.74, 6) is 0.254. The van der Waals surface area contributed by atoms with Crippen LogP contribution < -0.4 is 23.9 Å². The Kier molecular flexibility index (Phi) is 9.34. The molecule has 14 heteroatoms. The van der Waals surface area contributed by atoms with Crippen molar-refractivity contribution in [2.75, 3.05) is 23.5 Å². The number of aliphatic carboxylic acids is 1. The smallest absolute Gasteiger partial charge is 0.320 e. The van der Waals surface area contributed by atoms with Crippen LogP contribution >= 0.6 is 12.4 Å². The molecule has 11 nitrogen and oxygen atoms in total. The number of hydrogen-bond acceptors (Lipinski definition) is 9. The number of hydrogen-bond donors (Lipinski definition) is 5. The molecule has 29 heavy (non-hydrogen) atoms. The van der Waals surface area contributed by atoms with Gasteiger partial charge in [0.15, 0.2) is 17.7 Å². The van der Waals surface area contributed by atoms with Gasteiger partial charge in [0, 0.05) is 6.42 Å². The number of rotatable bonds is 7. The molecule has 0 amide bonds. The molecule has 164 valence electrons. The maximum absolute atomic E-state index is 10.8. The maximum Gasteiger partial charge on any atom is 0.320 e. The van der Waals surface area contributed by atoms with E-state index in [0.29, 0.717) is 29.1 Å². The van der Waals surface area contributed by atoms with Crippen LogP contribution in [0.25, 0.3) is 11.2 Å². The Morgan fingerprint density at radius 2 is 2.03 bits per heavy atom. The number of nitrogen functional groups attached to an aromatic ring is 1. The number of ether oxygens (including phenoxy) is 1. The van der Waals surface area contributed by atoms with Crippen molar-refractivity contribution >= 4 is 46.3 Å². The first-order chi connectivity index (χ1) is 12.8. The SMILES string of the molecule is C[S+](CC[C@H](N)C(=O)O)C[C@H]1O[C@@H](n2cnc3c(N)ncnc32)[C@H](O)[C@@H]1O.Cl.[Cl-]. The number of carboxylic acid groups (broad SMARTS) is 1. The van der Waals surface area contributed by atoms with E-state index in [1.54, 1.807) is 0 Å². The molecule has 0 bridgehead atoms. The van der Waals surface area contributed by atoms with E-state index in [2.05, 4.69) is 15.0 Å². The highest BCUT2D eigenvalue weighted by Crippen LogP contribution is 2.32. The standard InChI is InChI=1S/C15H22N6O5S.2ClH/c1-27(3-2-7(16)15(24)25)4-8-10(22)11(23)14(26-8)21-6-20-9-12(17)18-5-19-13(9)21;;/h5-8,10-11,14,22-23H,2-4,16H2,1H3,(H2-,17,18,19,24,25);2*1H/t7-,8+,10+,11+,14+,27?;;/m0../s1. The molecule has 3 heterocycles. The molecule has 1 aliphatic rings. The predicted octanol–water partition coefficient (Wildman–Crippen LogP) is -4.50. The highest BCUT2D eigenvalue weighted by atomic mass is 35.5. The van der Waals surface area contributed by atoms with Crippen molar-refractivity contribution in [1.29, 1.82) is 0 Å². The Balaban J connectivity index is 0.00000210. The number of aromatic nitrogens is 4. The zero-order valence-electron chi connectivity index (χ0n) is 15.5. The summed E-state index contributed by atoms with van der Waals surface area (Å²) >= 11 is 0. The van der Waals surface area contributed by atoms with Crippen molar-refractivity contribution in [1.82, 2.24) is 19.5 Å². The van der Waals surface area contributed by atoms with Gasteiger partial charge in [-0.1, -0.05) is 0 Å². The van der Waals surface area contributed by atoms with Crippen LogP contribution in [0.5, 0.6) is 0 Å². The number of anilines is 1. The first-order valence-corrected chi connectivity index (χ1v) is 10.3. The van der Waals surface area contributed by atoms with Crippen molar-refractivity contribution in [3.8, 4) is 0 Å². The summed E-state index contributed by atoms with van der Waals surface area (Å²) in [6.07, 6.45) is 1.31. The van der Waals surface area contributed by atoms with Crippen LogP contribution in [0.3, 0.4) is 0 Å². The molecule has 0 aromatic carbocycles. The molecule has 1 unspecified atom stereocenters. The van der Waals surface area contributed by atoms with E-state index in [4.69, 9.17) is 21.3 Å². The third-order valence-electron chi connectivity index (χ3n) is 4.54. The Morgan fingerprint density at radius 1 is 1.34 bits per heavy atom. The van der Waals surface area contributed by atoms with Crippen LogP contribution in [-0.4, -0.2) is 82.9 Å². The third-order valence-corrected chi connectivity index (χ3v) is 6.37. The van der Waals surface area contributed by atoms with Crippen molar-refractivity contribution < 1.29 is 37.3 Å². The minimum absolute atomic E-state index is 0. The highest BCUT2D eigenvalue weighted by Gasteiger charge is 2.46. The quantitative estimate of drug-likeness (QED) is 0.247. The Bertz CT molecular complexity index is 830. The third kappa shape index (κ3) is 5.40. The van der Waals surface area contributed by atoms with Gasteiger partial charge in [-0.05, 0) is 10.9 Å². The number of carboxylic acids is 1. The largest absolute Gasteiger partial charge is 1.00 e. The van der Waals surface area contributed by atoms with Gasteiger partial charge in [-0.3, -0.25) is 9.36 Å². The lowest BCUT2D eigenvalue weighted by atomic mass is 10.1. The molecule has 0 saturated carbocycles. The summed E-state index contributed by atoms with van der Waals surface area (Å²) in [5.41, 5.74) is 12.1. The van der Waals surface area contributed by atoms with Gasteiger partial charge in [0.2, 0.25) is 0 Å². The average molecular weight is 471 g/mol. The fourth-order valence-corrected chi connectivity index (χ4v) is 4.63. The lowest BCUT2D eigenvalue weighted by Crippen LogP contribution is -3.00. The first kappa shape index (κ1) is 25.6. The van der Waals surface area contributed by atoms with E-state index in [1.807, 2.05) is 6.26 Å². The van der Waals surface area contributed by atoms with E-state index < -0.39 is 36.6 Å². The number of imidazole rings is 1. The molecule has 1 aliphatic heterocycles. The fraction of sp³-hybridized carbons (Fsp3) is 0.600. The van der Waals surface area contributed by atoms with Crippen molar-refractivity contribution in [3.05, 3.63) is 12.7 Å². The normalized spacial score (nSPS) is 25.8. The lowest BCUT2D eigenvalue weighted by molar-refractivity contribution is -0.138. The average Bonchev–Trinajstić information content (AvgIpc) is 3.17. The van der Waals surface area contributed by atoms with Gasteiger partial charge in [-0.25, -0.2) is 15.0 Å². The number of aliphatic hydroxyl groups excluding tert-OH is 2. The van der Waals surface area contributed by atoms with Crippen LogP contribution in [0.15, 0.2) is 12.7 Å². The lowest BCUT2D eigenvalue weighted by Gasteiger charge is -2.16. The van der Waals surface area contributed by atoms with E-state index in [1.165, 1.54) is 17.2 Å². The summed E-state index contributed by atoms with van der Waals surface area (Å²) in [7, 11) is -0.235. The molecule has 2 aromatic heterocycles. The molecular weight excluding hydrogens is 447 g/mol. The summed E-state index contributed by atoms with van der Waals surface area (Å²) in [5, 5.41) is 29.7. The van der Waals surface area contributed by atoms with Gasteiger partial charge in [0.25, 0.3) is 0 Å². The number of aliphatic hydroxyl groups is 2. The molecule has 1 saturated heterocycles. The molecule has 6 atom stereocenters. The second-order valence-electron chi connectivity index (χ2n) is 6.51. The number of fused-ring (bicyclic) bond motifs is 1. The van der Waals surface area contributed by atoms with Crippen LogP contribution in [0.1, 0.15) is 12.6 Å². The number of nitrogens with two attached hydrogens (primary N) is 2. The van der Waals surface area contributed by atoms with Crippen LogP contribution in [0.4, 0.5) is 5.82 Å². The van der Waals surface area contributed by atoms with Crippen molar-refractivity contribution in [2.45, 2.75) is 37.0 Å². The zero-order chi connectivity index (χ0) is 19.7. The molecule has 3 rings (SSSR count). The molecule has 1 fully saturated rings. The monoisotopic (exact) mass is 470 g/mol. The van der Waals surface area contributed by atoms with Crippen LogP contribution in [-0.2, 0) is 20.4 Å². The predicted molar refractivity (Wildman–Crippen MR) is 106 cm³/mol. The molecular formula is C15H24Cl2N6O5S. The Labute approximate surface area is 182 Å². The summed E-state index contributed by atoms with van der Waals surface area (Å²) < 4.78 is 7.41. The minimum Gasteiger partial charge on any atom is -1.00 e. The van der Waals surface area contributed by atoms with Gasteiger partial charge in [0.05, 0.1) is 12.6 Å². The second kappa shape index (κ2) is 10.6. The van der Waals surface area contributed by atoms with Crippen molar-refractivity contribution in [2.24, 2.45) is 5.73 Å². The first-order valence-electron chi connectivity index (χ1n) is 8.31. The number of halogens is 2. The number of nitrogens with zero attached hydrogens (tertiary/aromatic N) is 4. The van der Waals surface area contributed by atoms with Gasteiger partial charge in [-0.2, -0.15) is 0 Å². The molecule has 7 N–H and O–H groups in total. The van der Waals surface area contributed by atoms with Gasteiger partial charge >= 0.3 is 5.97 Å². The Hall–Kier alpha value is -1.41. The fourth-order valence-electron chi connectivity index (χ4n) is 2.97. The van der Waals surface area contributed by atoms with Gasteiger partial charge < -0.3 is 43.9 Å². The molecule has 0 aliphatic carbocycles. The number of carbonyl (C=O) groups is 1. The van der Waals surface area contributed by atoms with Gasteiger partial charge in [-0.15, -0.1) is 12.4 Å². The van der Waals surface area contributed by atoms with Crippen LogP contribution in [0.2, 0.25) is 0 Å². The van der Waals surface area contributed by atoms with Crippen molar-refractivity contribution in [3.63, 3.8) is 0 Å². The van der Waals surface area contributed by atoms with Gasteiger partial charge in [0.1, 0.15) is 47.7 Å². The topological polar surface area (TPSA) is 183 Å². The molecule has 0 radical (unpaired) electrons. The molecule has 0 spiro atoms. The Morgan fingerprint density at radius 3 is 2.69 bits per heavy atom.